The molecule has 1 aromatic carbocycles. The van der Waals surface area contributed by atoms with E-state index in [1.165, 1.54) is 0 Å². The Morgan fingerprint density at radius 2 is 2.05 bits per heavy atom. The average Bonchev–Trinajstić information content (AvgIpc) is 2.78. The molecule has 0 saturated carbocycles. The van der Waals surface area contributed by atoms with E-state index in [4.69, 9.17) is 5.73 Å². The molecule has 3 rings (SSSR count). The van der Waals surface area contributed by atoms with Crippen LogP contribution in [0.2, 0.25) is 0 Å². The molecule has 102 valence electrons. The number of anilines is 3. The summed E-state index contributed by atoms with van der Waals surface area (Å²) in [5.74, 6) is 0.962. The molecule has 0 radical (unpaired) electrons. The summed E-state index contributed by atoms with van der Waals surface area (Å²) in [6.07, 6.45) is 2.79. The highest BCUT2D eigenvalue weighted by atomic mass is 15.3. The molecule has 0 aliphatic rings. The fraction of sp³-hybridized carbons (Fsp3) is 0.214. The van der Waals surface area contributed by atoms with Crippen molar-refractivity contribution in [1.29, 1.82) is 0 Å². The van der Waals surface area contributed by atoms with E-state index in [9.17, 15) is 0 Å². The maximum Gasteiger partial charge on any atom is 0.222 e. The van der Waals surface area contributed by atoms with Crippen molar-refractivity contribution in [3.05, 3.63) is 36.2 Å². The maximum atomic E-state index is 5.77. The van der Waals surface area contributed by atoms with Gasteiger partial charge in [0.1, 0.15) is 5.82 Å². The van der Waals surface area contributed by atoms with Crippen molar-refractivity contribution in [2.24, 2.45) is 7.05 Å². The largest absolute Gasteiger partial charge is 0.368 e. The quantitative estimate of drug-likeness (QED) is 0.761. The molecule has 2 heterocycles. The number of hydrogen-bond acceptors (Lipinski definition) is 5. The average molecular weight is 268 g/mol. The van der Waals surface area contributed by atoms with E-state index in [0.717, 1.165) is 28.7 Å². The summed E-state index contributed by atoms with van der Waals surface area (Å²) in [5.41, 5.74) is 8.53. The Labute approximate surface area is 116 Å². The summed E-state index contributed by atoms with van der Waals surface area (Å²) in [5, 5.41) is 8.66. The van der Waals surface area contributed by atoms with Crippen LogP contribution in [0.25, 0.3) is 10.9 Å². The third kappa shape index (κ3) is 2.16. The van der Waals surface area contributed by atoms with Crippen molar-refractivity contribution in [2.75, 3.05) is 11.1 Å². The highest BCUT2D eigenvalue weighted by molar-refractivity contribution is 5.91. The monoisotopic (exact) mass is 268 g/mol. The molecule has 0 aliphatic carbocycles. The Kier molecular flexibility index (Phi) is 2.98. The van der Waals surface area contributed by atoms with Crippen molar-refractivity contribution in [2.45, 2.75) is 13.3 Å². The van der Waals surface area contributed by atoms with Gasteiger partial charge in [-0.2, -0.15) is 10.1 Å². The molecule has 0 saturated heterocycles. The number of aryl methyl sites for hydroxylation is 2. The Hall–Kier alpha value is -2.63. The van der Waals surface area contributed by atoms with Gasteiger partial charge in [0, 0.05) is 18.6 Å². The molecule has 3 N–H and O–H groups in total. The van der Waals surface area contributed by atoms with Crippen molar-refractivity contribution in [3.8, 4) is 0 Å². The first kappa shape index (κ1) is 12.4. The molecule has 0 aliphatic heterocycles. The number of aromatic nitrogens is 4. The van der Waals surface area contributed by atoms with Crippen molar-refractivity contribution < 1.29 is 0 Å². The molecule has 0 unspecified atom stereocenters. The molecular weight excluding hydrogens is 252 g/mol. The fourth-order valence-electron chi connectivity index (χ4n) is 2.22. The lowest BCUT2D eigenvalue weighted by Gasteiger charge is -2.08. The summed E-state index contributed by atoms with van der Waals surface area (Å²) in [6.45, 7) is 2.07. The second-order valence-electron chi connectivity index (χ2n) is 4.59. The van der Waals surface area contributed by atoms with E-state index >= 15 is 0 Å². The van der Waals surface area contributed by atoms with Crippen molar-refractivity contribution >= 4 is 28.4 Å². The molecular formula is C14H16N6. The molecule has 0 amide bonds. The summed E-state index contributed by atoms with van der Waals surface area (Å²) in [6, 6.07) is 7.78. The van der Waals surface area contributed by atoms with E-state index in [2.05, 4.69) is 27.3 Å². The fourth-order valence-corrected chi connectivity index (χ4v) is 2.22. The second-order valence-corrected chi connectivity index (χ2v) is 4.59. The first-order chi connectivity index (χ1) is 9.67. The van der Waals surface area contributed by atoms with Gasteiger partial charge in [-0.1, -0.05) is 19.1 Å². The van der Waals surface area contributed by atoms with Crippen LogP contribution >= 0.6 is 0 Å². The van der Waals surface area contributed by atoms with Gasteiger partial charge in [-0.15, -0.1) is 0 Å². The second kappa shape index (κ2) is 4.80. The molecule has 0 spiro atoms. The lowest BCUT2D eigenvalue weighted by atomic mass is 10.2. The number of nitrogens with one attached hydrogen (secondary N) is 1. The van der Waals surface area contributed by atoms with Crippen LogP contribution in [-0.2, 0) is 13.5 Å². The summed E-state index contributed by atoms with van der Waals surface area (Å²) in [4.78, 5) is 8.53. The van der Waals surface area contributed by atoms with Gasteiger partial charge in [-0.3, -0.25) is 4.68 Å². The van der Waals surface area contributed by atoms with Crippen molar-refractivity contribution in [3.63, 3.8) is 0 Å². The first-order valence-electron chi connectivity index (χ1n) is 6.49. The maximum absolute atomic E-state index is 5.77. The van der Waals surface area contributed by atoms with E-state index in [-0.39, 0.29) is 5.95 Å². The standard InChI is InChI=1S/C14H16N6/c1-3-10-12(8-20(2)19-10)16-13-9-6-4-5-7-11(9)17-14(15)18-13/h4-8H,3H2,1-2H3,(H3,15,16,17,18). The lowest BCUT2D eigenvalue weighted by Crippen LogP contribution is -2.02. The molecule has 0 atom stereocenters. The van der Waals surface area contributed by atoms with Gasteiger partial charge in [0.05, 0.1) is 16.9 Å². The van der Waals surface area contributed by atoms with E-state index < -0.39 is 0 Å². The van der Waals surface area contributed by atoms with Crippen LogP contribution in [0.1, 0.15) is 12.6 Å². The Morgan fingerprint density at radius 3 is 2.85 bits per heavy atom. The zero-order valence-electron chi connectivity index (χ0n) is 11.5. The minimum absolute atomic E-state index is 0.258. The van der Waals surface area contributed by atoms with E-state index in [1.807, 2.05) is 37.5 Å². The van der Waals surface area contributed by atoms with Gasteiger partial charge in [-0.25, -0.2) is 4.98 Å². The first-order valence-corrected chi connectivity index (χ1v) is 6.49. The molecule has 20 heavy (non-hydrogen) atoms. The van der Waals surface area contributed by atoms with Crippen LogP contribution in [0.4, 0.5) is 17.5 Å². The Bertz CT molecular complexity index is 761. The van der Waals surface area contributed by atoms with Crippen molar-refractivity contribution in [1.82, 2.24) is 19.7 Å². The van der Waals surface area contributed by atoms with Crippen LogP contribution in [0.15, 0.2) is 30.5 Å². The highest BCUT2D eigenvalue weighted by Crippen LogP contribution is 2.25. The number of benzene rings is 1. The van der Waals surface area contributed by atoms with Gasteiger partial charge in [0.25, 0.3) is 0 Å². The minimum Gasteiger partial charge on any atom is -0.368 e. The molecule has 6 nitrogen and oxygen atoms in total. The van der Waals surface area contributed by atoms with Crippen LogP contribution < -0.4 is 11.1 Å². The Balaban J connectivity index is 2.10. The molecule has 0 fully saturated rings. The predicted molar refractivity (Wildman–Crippen MR) is 79.8 cm³/mol. The van der Waals surface area contributed by atoms with E-state index in [1.54, 1.807) is 4.68 Å². The van der Waals surface area contributed by atoms with Crippen LogP contribution in [0, 0.1) is 0 Å². The smallest absolute Gasteiger partial charge is 0.222 e. The topological polar surface area (TPSA) is 81.7 Å². The lowest BCUT2D eigenvalue weighted by molar-refractivity contribution is 0.746. The molecule has 0 bridgehead atoms. The zero-order valence-corrected chi connectivity index (χ0v) is 11.5. The molecule has 3 aromatic rings. The number of para-hydroxylation sites is 1. The minimum atomic E-state index is 0.258. The number of nitrogens with zero attached hydrogens (tertiary/aromatic N) is 4. The van der Waals surface area contributed by atoms with Crippen LogP contribution in [0.3, 0.4) is 0 Å². The number of fused-ring (bicyclic) bond motifs is 1. The van der Waals surface area contributed by atoms with Gasteiger partial charge in [0.15, 0.2) is 0 Å². The van der Waals surface area contributed by atoms with Gasteiger partial charge >= 0.3 is 0 Å². The number of nitrogens with two attached hydrogens (primary N) is 1. The number of rotatable bonds is 3. The third-order valence-electron chi connectivity index (χ3n) is 3.11. The van der Waals surface area contributed by atoms with Gasteiger partial charge in [0.2, 0.25) is 5.95 Å². The molecule has 2 aromatic heterocycles. The number of hydrogen-bond donors (Lipinski definition) is 2. The highest BCUT2D eigenvalue weighted by Gasteiger charge is 2.10. The van der Waals surface area contributed by atoms with Crippen LogP contribution in [0.5, 0.6) is 0 Å². The summed E-state index contributed by atoms with van der Waals surface area (Å²) >= 11 is 0. The van der Waals surface area contributed by atoms with Gasteiger partial charge in [-0.05, 0) is 18.6 Å². The third-order valence-corrected chi connectivity index (χ3v) is 3.11. The predicted octanol–water partition coefficient (Wildman–Crippen LogP) is 2.25. The molecule has 6 heteroatoms. The van der Waals surface area contributed by atoms with Crippen LogP contribution in [-0.4, -0.2) is 19.7 Å². The van der Waals surface area contributed by atoms with E-state index in [0.29, 0.717) is 5.82 Å². The number of nitrogen functional groups attached to an aromatic ring is 1. The summed E-state index contributed by atoms with van der Waals surface area (Å²) in [7, 11) is 1.90. The zero-order chi connectivity index (χ0) is 14.1. The Morgan fingerprint density at radius 1 is 1.25 bits per heavy atom. The normalized spacial score (nSPS) is 10.9. The SMILES string of the molecule is CCc1nn(C)cc1Nc1nc(N)nc2ccccc12. The van der Waals surface area contributed by atoms with Gasteiger partial charge < -0.3 is 11.1 Å². The summed E-state index contributed by atoms with van der Waals surface area (Å²) < 4.78 is 1.79.